The smallest absolute Gasteiger partial charge is 0.162 e. The van der Waals surface area contributed by atoms with Crippen LogP contribution in [-0.4, -0.2) is 14.6 Å². The number of pyridine rings is 1. The van der Waals surface area contributed by atoms with Crippen LogP contribution in [0.4, 0.5) is 0 Å². The highest BCUT2D eigenvalue weighted by atomic mass is 15.2. The lowest BCUT2D eigenvalue weighted by Crippen LogP contribution is -2.11. The molecule has 4 heteroatoms. The predicted molar refractivity (Wildman–Crippen MR) is 68.0 cm³/mol. The summed E-state index contributed by atoms with van der Waals surface area (Å²) in [5.41, 5.74) is 1.42. The molecule has 1 aliphatic rings. The van der Waals surface area contributed by atoms with Gasteiger partial charge in [-0.25, -0.2) is 0 Å². The number of fused-ring (bicyclic) bond motifs is 1. The van der Waals surface area contributed by atoms with Gasteiger partial charge in [0, 0.05) is 18.7 Å². The van der Waals surface area contributed by atoms with Crippen LogP contribution in [-0.2, 0) is 6.42 Å². The number of aromatic nitrogens is 3. The van der Waals surface area contributed by atoms with Crippen molar-refractivity contribution in [2.45, 2.75) is 38.5 Å². The Labute approximate surface area is 106 Å². The van der Waals surface area contributed by atoms with Crippen molar-refractivity contribution in [1.82, 2.24) is 14.6 Å². The summed E-state index contributed by atoms with van der Waals surface area (Å²) < 4.78 is 2.01. The van der Waals surface area contributed by atoms with Crippen molar-refractivity contribution in [2.24, 2.45) is 5.92 Å². The highest BCUT2D eigenvalue weighted by Gasteiger charge is 2.17. The van der Waals surface area contributed by atoms with Crippen LogP contribution in [0.2, 0.25) is 0 Å². The molecule has 0 unspecified atom stereocenters. The normalized spacial score (nSPS) is 16.8. The van der Waals surface area contributed by atoms with Gasteiger partial charge in [-0.2, -0.15) is 5.26 Å². The maximum atomic E-state index is 8.86. The number of hydrogen-bond acceptors (Lipinski definition) is 3. The summed E-state index contributed by atoms with van der Waals surface area (Å²) >= 11 is 0. The van der Waals surface area contributed by atoms with Crippen LogP contribution in [0, 0.1) is 17.2 Å². The van der Waals surface area contributed by atoms with Crippen molar-refractivity contribution in [1.29, 1.82) is 5.26 Å². The molecule has 1 saturated carbocycles. The number of hydrogen-bond donors (Lipinski definition) is 0. The van der Waals surface area contributed by atoms with Gasteiger partial charge in [0.15, 0.2) is 5.65 Å². The zero-order chi connectivity index (χ0) is 12.4. The van der Waals surface area contributed by atoms with Crippen LogP contribution in [0.25, 0.3) is 5.65 Å². The Morgan fingerprint density at radius 3 is 2.89 bits per heavy atom. The summed E-state index contributed by atoms with van der Waals surface area (Å²) in [5, 5.41) is 17.3. The first-order valence-electron chi connectivity index (χ1n) is 6.60. The van der Waals surface area contributed by atoms with E-state index >= 15 is 0 Å². The molecule has 0 atom stereocenters. The van der Waals surface area contributed by atoms with Crippen LogP contribution >= 0.6 is 0 Å². The quantitative estimate of drug-likeness (QED) is 0.811. The summed E-state index contributed by atoms with van der Waals surface area (Å²) in [5.74, 6) is 1.78. The molecular weight excluding hydrogens is 224 g/mol. The molecule has 1 fully saturated rings. The van der Waals surface area contributed by atoms with E-state index in [0.29, 0.717) is 5.56 Å². The molecule has 3 rings (SSSR count). The monoisotopic (exact) mass is 240 g/mol. The molecule has 0 amide bonds. The fourth-order valence-corrected chi connectivity index (χ4v) is 2.80. The van der Waals surface area contributed by atoms with Gasteiger partial charge >= 0.3 is 0 Å². The number of nitriles is 1. The van der Waals surface area contributed by atoms with Crippen molar-refractivity contribution in [3.63, 3.8) is 0 Å². The second-order valence-electron chi connectivity index (χ2n) is 5.08. The van der Waals surface area contributed by atoms with Crippen molar-refractivity contribution in [2.75, 3.05) is 0 Å². The Hall–Kier alpha value is -1.89. The van der Waals surface area contributed by atoms with Crippen LogP contribution in [0.1, 0.15) is 43.5 Å². The topological polar surface area (TPSA) is 54.0 Å². The summed E-state index contributed by atoms with van der Waals surface area (Å²) in [6.07, 6.45) is 9.61. The second kappa shape index (κ2) is 4.77. The van der Waals surface area contributed by atoms with Gasteiger partial charge in [-0.3, -0.25) is 4.40 Å². The van der Waals surface area contributed by atoms with E-state index in [4.69, 9.17) is 5.26 Å². The lowest BCUT2D eigenvalue weighted by atomic mass is 9.87. The highest BCUT2D eigenvalue weighted by Crippen LogP contribution is 2.26. The summed E-state index contributed by atoms with van der Waals surface area (Å²) in [6, 6.07) is 5.74. The summed E-state index contributed by atoms with van der Waals surface area (Å²) in [6.45, 7) is 0. The fourth-order valence-electron chi connectivity index (χ4n) is 2.80. The molecule has 4 nitrogen and oxygen atoms in total. The molecule has 0 bridgehead atoms. The van der Waals surface area contributed by atoms with E-state index in [0.717, 1.165) is 23.8 Å². The standard InChI is InChI=1S/C14H16N4/c15-10-12-6-7-18-13(16-17-14(18)9-12)8-11-4-2-1-3-5-11/h6-7,9,11H,1-5,8H2. The van der Waals surface area contributed by atoms with Crippen LogP contribution in [0.5, 0.6) is 0 Å². The SMILES string of the molecule is N#Cc1ccn2c(CC3CCCCC3)nnc2c1. The third-order valence-electron chi connectivity index (χ3n) is 3.81. The summed E-state index contributed by atoms with van der Waals surface area (Å²) in [7, 11) is 0. The Bertz CT molecular complexity index is 587. The van der Waals surface area contributed by atoms with E-state index < -0.39 is 0 Å². The van der Waals surface area contributed by atoms with Gasteiger partial charge in [-0.05, 0) is 12.0 Å². The maximum absolute atomic E-state index is 8.86. The molecule has 2 heterocycles. The van der Waals surface area contributed by atoms with Gasteiger partial charge < -0.3 is 0 Å². The first kappa shape index (κ1) is 11.2. The van der Waals surface area contributed by atoms with E-state index in [2.05, 4.69) is 16.3 Å². The first-order chi connectivity index (χ1) is 8.86. The molecule has 0 aromatic carbocycles. The van der Waals surface area contributed by atoms with E-state index in [1.54, 1.807) is 6.07 Å². The minimum absolute atomic E-state index is 0.638. The van der Waals surface area contributed by atoms with E-state index in [9.17, 15) is 0 Å². The Balaban J connectivity index is 1.86. The van der Waals surface area contributed by atoms with E-state index in [1.807, 2.05) is 16.7 Å². The fraction of sp³-hybridized carbons (Fsp3) is 0.500. The molecule has 0 spiro atoms. The van der Waals surface area contributed by atoms with Gasteiger partial charge in [0.1, 0.15) is 5.82 Å². The van der Waals surface area contributed by atoms with Crippen molar-refractivity contribution < 1.29 is 0 Å². The Morgan fingerprint density at radius 1 is 1.28 bits per heavy atom. The lowest BCUT2D eigenvalue weighted by Gasteiger charge is -2.20. The number of rotatable bonds is 2. The molecule has 0 radical (unpaired) electrons. The zero-order valence-corrected chi connectivity index (χ0v) is 10.3. The Morgan fingerprint density at radius 2 is 2.11 bits per heavy atom. The van der Waals surface area contributed by atoms with E-state index in [1.165, 1.54) is 32.1 Å². The van der Waals surface area contributed by atoms with Crippen molar-refractivity contribution >= 4 is 5.65 Å². The van der Waals surface area contributed by atoms with Gasteiger partial charge in [0.2, 0.25) is 0 Å². The highest BCUT2D eigenvalue weighted by molar-refractivity contribution is 5.45. The molecule has 0 aliphatic heterocycles. The zero-order valence-electron chi connectivity index (χ0n) is 10.3. The molecule has 2 aromatic heterocycles. The van der Waals surface area contributed by atoms with Crippen LogP contribution in [0.3, 0.4) is 0 Å². The first-order valence-corrected chi connectivity index (χ1v) is 6.60. The average Bonchev–Trinajstić information content (AvgIpc) is 2.82. The minimum atomic E-state index is 0.638. The molecule has 92 valence electrons. The third-order valence-corrected chi connectivity index (χ3v) is 3.81. The second-order valence-corrected chi connectivity index (χ2v) is 5.08. The van der Waals surface area contributed by atoms with Gasteiger partial charge in [0.05, 0.1) is 11.6 Å². The molecule has 18 heavy (non-hydrogen) atoms. The van der Waals surface area contributed by atoms with Crippen LogP contribution < -0.4 is 0 Å². The average molecular weight is 240 g/mol. The minimum Gasteiger partial charge on any atom is -0.286 e. The maximum Gasteiger partial charge on any atom is 0.162 e. The molecule has 0 N–H and O–H groups in total. The molecule has 2 aromatic rings. The third kappa shape index (κ3) is 2.08. The molecule has 1 aliphatic carbocycles. The van der Waals surface area contributed by atoms with Gasteiger partial charge in [-0.15, -0.1) is 10.2 Å². The molecular formula is C14H16N4. The van der Waals surface area contributed by atoms with Crippen molar-refractivity contribution in [3.8, 4) is 6.07 Å². The number of nitrogens with zero attached hydrogens (tertiary/aromatic N) is 4. The van der Waals surface area contributed by atoms with Gasteiger partial charge in [-0.1, -0.05) is 32.1 Å². The molecule has 0 saturated heterocycles. The Kier molecular flexibility index (Phi) is 2.97. The summed E-state index contributed by atoms with van der Waals surface area (Å²) in [4.78, 5) is 0. The van der Waals surface area contributed by atoms with E-state index in [-0.39, 0.29) is 0 Å². The van der Waals surface area contributed by atoms with Crippen molar-refractivity contribution in [3.05, 3.63) is 29.7 Å². The predicted octanol–water partition coefficient (Wildman–Crippen LogP) is 2.72. The largest absolute Gasteiger partial charge is 0.286 e. The van der Waals surface area contributed by atoms with Gasteiger partial charge in [0.25, 0.3) is 0 Å². The lowest BCUT2D eigenvalue weighted by molar-refractivity contribution is 0.351. The van der Waals surface area contributed by atoms with Crippen LogP contribution in [0.15, 0.2) is 18.3 Å².